The maximum atomic E-state index is 14.0. The van der Waals surface area contributed by atoms with Crippen LogP contribution in [0.4, 0.5) is 8.78 Å². The summed E-state index contributed by atoms with van der Waals surface area (Å²) in [6.07, 6.45) is 4.12. The number of carbonyl (C=O) groups is 2. The van der Waals surface area contributed by atoms with Crippen molar-refractivity contribution in [3.05, 3.63) is 63.6 Å². The molecule has 1 amide bonds. The highest BCUT2D eigenvalue weighted by Crippen LogP contribution is 2.53. The third-order valence-corrected chi connectivity index (χ3v) is 8.29. The number of carbonyl (C=O) groups excluding carboxylic acids is 2. The summed E-state index contributed by atoms with van der Waals surface area (Å²) >= 11 is 3.48. The van der Waals surface area contributed by atoms with Gasteiger partial charge < -0.3 is 10.1 Å². The molecule has 35 heavy (non-hydrogen) atoms. The minimum Gasteiger partial charge on any atom is -0.469 e. The molecule has 0 atom stereocenters. The molecule has 3 aromatic rings. The summed E-state index contributed by atoms with van der Waals surface area (Å²) in [5, 5.41) is 3.94. The van der Waals surface area contributed by atoms with Crippen molar-refractivity contribution in [2.75, 3.05) is 7.11 Å². The Morgan fingerprint density at radius 2 is 1.63 bits per heavy atom. The second kappa shape index (κ2) is 8.66. The summed E-state index contributed by atoms with van der Waals surface area (Å²) in [5.41, 5.74) is 1.32. The lowest BCUT2D eigenvalue weighted by Crippen LogP contribution is -2.58. The predicted octanol–water partition coefficient (Wildman–Crippen LogP) is 6.25. The van der Waals surface area contributed by atoms with Crippen molar-refractivity contribution < 1.29 is 23.1 Å². The zero-order chi connectivity index (χ0) is 25.0. The maximum Gasteiger partial charge on any atom is 0.311 e. The molecule has 3 fully saturated rings. The normalized spacial score (nSPS) is 23.3. The first-order chi connectivity index (χ1) is 16.7. The zero-order valence-electron chi connectivity index (χ0n) is 19.5. The Labute approximate surface area is 210 Å². The van der Waals surface area contributed by atoms with Gasteiger partial charge in [-0.3, -0.25) is 9.59 Å². The van der Waals surface area contributed by atoms with E-state index in [0.717, 1.165) is 10.5 Å². The van der Waals surface area contributed by atoms with E-state index < -0.39 is 22.6 Å². The quantitative estimate of drug-likeness (QED) is 0.396. The maximum absolute atomic E-state index is 14.0. The summed E-state index contributed by atoms with van der Waals surface area (Å²) in [6.45, 7) is 1.75. The Bertz CT molecular complexity index is 1330. The van der Waals surface area contributed by atoms with Gasteiger partial charge in [0.05, 0.1) is 29.3 Å². The summed E-state index contributed by atoms with van der Waals surface area (Å²) in [4.78, 5) is 30.9. The fourth-order valence-corrected chi connectivity index (χ4v) is 6.16. The fourth-order valence-electron chi connectivity index (χ4n) is 5.79. The molecule has 2 bridgehead atoms. The second-order valence-corrected chi connectivity index (χ2v) is 10.7. The topological polar surface area (TPSA) is 68.3 Å². The second-order valence-electron chi connectivity index (χ2n) is 9.79. The molecule has 0 radical (unpaired) electrons. The van der Waals surface area contributed by atoms with Crippen molar-refractivity contribution in [1.82, 2.24) is 10.3 Å². The van der Waals surface area contributed by atoms with Gasteiger partial charge >= 0.3 is 5.97 Å². The van der Waals surface area contributed by atoms with E-state index in [1.165, 1.54) is 19.2 Å². The van der Waals surface area contributed by atoms with Gasteiger partial charge in [-0.05, 0) is 81.3 Å². The largest absolute Gasteiger partial charge is 0.469 e. The molecule has 1 heterocycles. The zero-order valence-corrected chi connectivity index (χ0v) is 21.1. The summed E-state index contributed by atoms with van der Waals surface area (Å²) in [5.74, 6) is -1.83. The van der Waals surface area contributed by atoms with Crippen LogP contribution in [0.3, 0.4) is 0 Å². The SMILES string of the molecule is COC(=O)C12CCC(NC(=O)c3c(C)c(-c4cc(F)cc(F)c4)nc4ccc(Br)cc34)(CC1)CC2. The van der Waals surface area contributed by atoms with E-state index in [9.17, 15) is 18.4 Å². The van der Waals surface area contributed by atoms with Gasteiger partial charge in [-0.25, -0.2) is 13.8 Å². The van der Waals surface area contributed by atoms with Crippen LogP contribution in [0.5, 0.6) is 0 Å². The van der Waals surface area contributed by atoms with Crippen molar-refractivity contribution in [1.29, 1.82) is 0 Å². The van der Waals surface area contributed by atoms with Crippen molar-refractivity contribution >= 4 is 38.7 Å². The molecule has 182 valence electrons. The number of fused-ring (bicyclic) bond motifs is 4. The van der Waals surface area contributed by atoms with Gasteiger partial charge in [-0.1, -0.05) is 15.9 Å². The van der Waals surface area contributed by atoms with Crippen LogP contribution in [0.25, 0.3) is 22.2 Å². The van der Waals surface area contributed by atoms with Gasteiger partial charge in [0.2, 0.25) is 0 Å². The molecule has 1 N–H and O–H groups in total. The Morgan fingerprint density at radius 3 is 2.23 bits per heavy atom. The van der Waals surface area contributed by atoms with E-state index in [-0.39, 0.29) is 17.4 Å². The van der Waals surface area contributed by atoms with Crippen LogP contribution in [0.15, 0.2) is 40.9 Å². The molecule has 8 heteroatoms. The number of amides is 1. The van der Waals surface area contributed by atoms with Crippen LogP contribution in [0.1, 0.15) is 54.4 Å². The lowest BCUT2D eigenvalue weighted by Gasteiger charge is -2.52. The molecule has 3 aliphatic rings. The molecule has 0 aliphatic heterocycles. The van der Waals surface area contributed by atoms with Crippen molar-refractivity contribution in [3.63, 3.8) is 0 Å². The number of aromatic nitrogens is 1. The number of hydrogen-bond acceptors (Lipinski definition) is 4. The molecule has 0 saturated heterocycles. The average Bonchev–Trinajstić information content (AvgIpc) is 2.83. The summed E-state index contributed by atoms with van der Waals surface area (Å²) in [7, 11) is 1.42. The van der Waals surface area contributed by atoms with Crippen molar-refractivity contribution in [3.8, 4) is 11.3 Å². The number of nitrogens with one attached hydrogen (secondary N) is 1. The molecule has 0 spiro atoms. The van der Waals surface area contributed by atoms with Gasteiger partial charge in [0.25, 0.3) is 5.91 Å². The third kappa shape index (κ3) is 4.11. The van der Waals surface area contributed by atoms with Crippen LogP contribution in [0, 0.1) is 24.0 Å². The summed E-state index contributed by atoms with van der Waals surface area (Å²) in [6, 6.07) is 8.68. The standard InChI is InChI=1S/C27H25BrF2N2O3/c1-15-22(24(33)32-27-8-5-26(6-9-27,7-10-27)25(34)35-2)20-13-17(28)3-4-21(20)31-23(15)16-11-18(29)14-19(30)12-16/h3-4,11-14H,5-10H2,1-2H3,(H,32,33). The van der Waals surface area contributed by atoms with Crippen LogP contribution in [0.2, 0.25) is 0 Å². The van der Waals surface area contributed by atoms with Crippen molar-refractivity contribution in [2.24, 2.45) is 5.41 Å². The highest BCUT2D eigenvalue weighted by Gasteiger charge is 2.53. The average molecular weight is 543 g/mol. The van der Waals surface area contributed by atoms with Gasteiger partial charge in [0, 0.05) is 27.0 Å². The minimum absolute atomic E-state index is 0.162. The van der Waals surface area contributed by atoms with E-state index >= 15 is 0 Å². The Kier molecular flexibility index (Phi) is 5.90. The number of nitrogens with zero attached hydrogens (tertiary/aromatic N) is 1. The van der Waals surface area contributed by atoms with E-state index in [1.807, 2.05) is 12.1 Å². The van der Waals surface area contributed by atoms with Crippen LogP contribution >= 0.6 is 15.9 Å². The van der Waals surface area contributed by atoms with Gasteiger partial charge in [-0.2, -0.15) is 0 Å². The lowest BCUT2D eigenvalue weighted by molar-refractivity contribution is -0.160. The highest BCUT2D eigenvalue weighted by molar-refractivity contribution is 9.10. The molecule has 0 unspecified atom stereocenters. The van der Waals surface area contributed by atoms with E-state index in [2.05, 4.69) is 26.2 Å². The number of benzene rings is 2. The van der Waals surface area contributed by atoms with E-state index in [0.29, 0.717) is 66.2 Å². The number of hydrogen-bond donors (Lipinski definition) is 1. The van der Waals surface area contributed by atoms with Crippen LogP contribution < -0.4 is 5.32 Å². The number of pyridine rings is 1. The molecule has 1 aromatic heterocycles. The fraction of sp³-hybridized carbons (Fsp3) is 0.370. The first-order valence-electron chi connectivity index (χ1n) is 11.6. The Hall–Kier alpha value is -2.87. The Balaban J connectivity index is 1.56. The third-order valence-electron chi connectivity index (χ3n) is 7.80. The monoisotopic (exact) mass is 542 g/mol. The van der Waals surface area contributed by atoms with Gasteiger partial charge in [-0.15, -0.1) is 0 Å². The van der Waals surface area contributed by atoms with E-state index in [1.54, 1.807) is 13.0 Å². The summed E-state index contributed by atoms with van der Waals surface area (Å²) < 4.78 is 33.9. The minimum atomic E-state index is -0.708. The molecular weight excluding hydrogens is 518 g/mol. The molecule has 5 nitrogen and oxygen atoms in total. The predicted molar refractivity (Wildman–Crippen MR) is 132 cm³/mol. The van der Waals surface area contributed by atoms with Gasteiger partial charge in [0.15, 0.2) is 0 Å². The first kappa shape index (κ1) is 23.9. The molecule has 3 saturated carbocycles. The molecular formula is C27H25BrF2N2O3. The number of ether oxygens (including phenoxy) is 1. The molecule has 6 rings (SSSR count). The van der Waals surface area contributed by atoms with Crippen molar-refractivity contribution in [2.45, 2.75) is 51.0 Å². The van der Waals surface area contributed by atoms with Gasteiger partial charge in [0.1, 0.15) is 11.6 Å². The molecule has 3 aliphatic carbocycles. The molecule has 2 aromatic carbocycles. The number of halogens is 3. The highest BCUT2D eigenvalue weighted by atomic mass is 79.9. The number of esters is 1. The van der Waals surface area contributed by atoms with Crippen LogP contribution in [-0.4, -0.2) is 29.5 Å². The number of methoxy groups -OCH3 is 1. The number of rotatable bonds is 4. The van der Waals surface area contributed by atoms with Crippen LogP contribution in [-0.2, 0) is 9.53 Å². The Morgan fingerprint density at radius 1 is 1.00 bits per heavy atom. The van der Waals surface area contributed by atoms with E-state index in [4.69, 9.17) is 4.74 Å². The smallest absolute Gasteiger partial charge is 0.311 e. The first-order valence-corrected chi connectivity index (χ1v) is 12.4. The lowest BCUT2D eigenvalue weighted by atomic mass is 9.57.